The highest BCUT2D eigenvalue weighted by molar-refractivity contribution is 5.18. The van der Waals surface area contributed by atoms with Crippen LogP contribution in [0.5, 0.6) is 0 Å². The molecular formula is C16H25F2N. The lowest BCUT2D eigenvalue weighted by Crippen LogP contribution is -2.31. The van der Waals surface area contributed by atoms with Crippen molar-refractivity contribution in [1.82, 2.24) is 5.32 Å². The van der Waals surface area contributed by atoms with Gasteiger partial charge in [-0.15, -0.1) is 0 Å². The Hall–Kier alpha value is -0.960. The number of nitrogens with one attached hydrogen (secondary N) is 1. The molecule has 0 saturated carbocycles. The summed E-state index contributed by atoms with van der Waals surface area (Å²) in [5.41, 5.74) is 0.479. The van der Waals surface area contributed by atoms with Crippen molar-refractivity contribution in [1.29, 1.82) is 0 Å². The molecule has 3 heteroatoms. The first-order valence-electron chi connectivity index (χ1n) is 7.20. The van der Waals surface area contributed by atoms with Crippen LogP contribution >= 0.6 is 0 Å². The molecule has 1 nitrogen and oxygen atoms in total. The number of benzene rings is 1. The molecule has 1 unspecified atom stereocenters. The maximum absolute atomic E-state index is 13.5. The van der Waals surface area contributed by atoms with E-state index in [2.05, 4.69) is 26.1 Å². The predicted molar refractivity (Wildman–Crippen MR) is 76.2 cm³/mol. The summed E-state index contributed by atoms with van der Waals surface area (Å²) in [5, 5.41) is 3.49. The van der Waals surface area contributed by atoms with Gasteiger partial charge in [-0.2, -0.15) is 0 Å². The normalized spacial score (nSPS) is 12.9. The molecule has 0 amide bonds. The van der Waals surface area contributed by atoms with Gasteiger partial charge in [0, 0.05) is 6.04 Å². The molecule has 108 valence electrons. The van der Waals surface area contributed by atoms with Gasteiger partial charge >= 0.3 is 0 Å². The van der Waals surface area contributed by atoms with Crippen molar-refractivity contribution >= 4 is 0 Å². The highest BCUT2D eigenvalue weighted by atomic mass is 19.1. The average Bonchev–Trinajstić information content (AvgIpc) is 2.36. The topological polar surface area (TPSA) is 12.0 Å². The fraction of sp³-hybridized carbons (Fsp3) is 0.625. The van der Waals surface area contributed by atoms with E-state index in [1.165, 1.54) is 18.2 Å². The third-order valence-corrected chi connectivity index (χ3v) is 3.21. The van der Waals surface area contributed by atoms with Crippen LogP contribution < -0.4 is 5.32 Å². The van der Waals surface area contributed by atoms with E-state index in [1.807, 2.05) is 0 Å². The first-order valence-corrected chi connectivity index (χ1v) is 7.20. The number of rotatable bonds is 8. The molecule has 0 aliphatic rings. The summed E-state index contributed by atoms with van der Waals surface area (Å²) < 4.78 is 26.6. The van der Waals surface area contributed by atoms with E-state index in [0.717, 1.165) is 25.8 Å². The van der Waals surface area contributed by atoms with Crippen LogP contribution in [0.4, 0.5) is 8.78 Å². The fourth-order valence-electron chi connectivity index (χ4n) is 2.29. The summed E-state index contributed by atoms with van der Waals surface area (Å²) in [5.74, 6) is -0.0646. The molecule has 0 heterocycles. The summed E-state index contributed by atoms with van der Waals surface area (Å²) in [6, 6.07) is 4.06. The molecule has 1 N–H and O–H groups in total. The molecular weight excluding hydrogens is 244 g/mol. The van der Waals surface area contributed by atoms with Crippen molar-refractivity contribution in [3.63, 3.8) is 0 Å². The van der Waals surface area contributed by atoms with Crippen LogP contribution in [0.3, 0.4) is 0 Å². The first-order chi connectivity index (χ1) is 9.02. The Balaban J connectivity index is 2.56. The lowest BCUT2D eigenvalue weighted by molar-refractivity contribution is 0.396. The molecule has 0 aliphatic carbocycles. The van der Waals surface area contributed by atoms with Crippen molar-refractivity contribution in [2.24, 2.45) is 5.92 Å². The van der Waals surface area contributed by atoms with Crippen molar-refractivity contribution in [3.05, 3.63) is 35.4 Å². The van der Waals surface area contributed by atoms with Gasteiger partial charge in [0.2, 0.25) is 0 Å². The molecule has 0 aliphatic heterocycles. The highest BCUT2D eigenvalue weighted by Gasteiger charge is 2.12. The lowest BCUT2D eigenvalue weighted by atomic mass is 9.97. The fourth-order valence-corrected chi connectivity index (χ4v) is 2.29. The van der Waals surface area contributed by atoms with Gasteiger partial charge in [-0.25, -0.2) is 8.78 Å². The number of halogens is 2. The zero-order valence-electron chi connectivity index (χ0n) is 12.2. The summed E-state index contributed by atoms with van der Waals surface area (Å²) in [7, 11) is 0. The Kier molecular flexibility index (Phi) is 7.00. The van der Waals surface area contributed by atoms with Gasteiger partial charge in [0.05, 0.1) is 0 Å². The van der Waals surface area contributed by atoms with Gasteiger partial charge in [-0.1, -0.05) is 20.8 Å². The van der Waals surface area contributed by atoms with Gasteiger partial charge in [-0.05, 0) is 61.9 Å². The minimum atomic E-state index is -0.363. The number of aryl methyl sites for hydroxylation is 1. The number of hydrogen-bond acceptors (Lipinski definition) is 1. The minimum Gasteiger partial charge on any atom is -0.314 e. The van der Waals surface area contributed by atoms with E-state index in [9.17, 15) is 8.78 Å². The minimum absolute atomic E-state index is 0.305. The van der Waals surface area contributed by atoms with Gasteiger partial charge in [0.1, 0.15) is 11.6 Å². The van der Waals surface area contributed by atoms with Crippen LogP contribution in [-0.2, 0) is 6.42 Å². The quantitative estimate of drug-likeness (QED) is 0.741. The van der Waals surface area contributed by atoms with E-state index in [-0.39, 0.29) is 11.6 Å². The standard InChI is InChI=1S/C16H25F2N/c1-4-9-19-15(10-12(2)3)7-5-13-11-14(17)6-8-16(13)18/h6,8,11-12,15,19H,4-5,7,9-10H2,1-3H3. The van der Waals surface area contributed by atoms with Crippen molar-refractivity contribution in [2.45, 2.75) is 52.5 Å². The molecule has 0 radical (unpaired) electrons. The SMILES string of the molecule is CCCNC(CCc1cc(F)ccc1F)CC(C)C. The van der Waals surface area contributed by atoms with Crippen molar-refractivity contribution in [3.8, 4) is 0 Å². The zero-order valence-corrected chi connectivity index (χ0v) is 12.2. The molecule has 0 spiro atoms. The monoisotopic (exact) mass is 269 g/mol. The maximum Gasteiger partial charge on any atom is 0.126 e. The highest BCUT2D eigenvalue weighted by Crippen LogP contribution is 2.15. The van der Waals surface area contributed by atoms with E-state index in [1.54, 1.807) is 0 Å². The maximum atomic E-state index is 13.5. The lowest BCUT2D eigenvalue weighted by Gasteiger charge is -2.20. The summed E-state index contributed by atoms with van der Waals surface area (Å²) in [6.07, 6.45) is 3.58. The van der Waals surface area contributed by atoms with Crippen LogP contribution in [0.2, 0.25) is 0 Å². The summed E-state index contributed by atoms with van der Waals surface area (Å²) in [4.78, 5) is 0. The smallest absolute Gasteiger partial charge is 0.126 e. The Morgan fingerprint density at radius 2 is 1.95 bits per heavy atom. The largest absolute Gasteiger partial charge is 0.314 e. The molecule has 1 aromatic carbocycles. The van der Waals surface area contributed by atoms with Crippen LogP contribution in [0.25, 0.3) is 0 Å². The molecule has 0 saturated heterocycles. The predicted octanol–water partition coefficient (Wildman–Crippen LogP) is 4.31. The van der Waals surface area contributed by atoms with Crippen molar-refractivity contribution in [2.75, 3.05) is 6.54 Å². The molecule has 1 aromatic rings. The Morgan fingerprint density at radius 1 is 1.21 bits per heavy atom. The molecule has 0 fully saturated rings. The van der Waals surface area contributed by atoms with E-state index < -0.39 is 0 Å². The summed E-state index contributed by atoms with van der Waals surface area (Å²) in [6.45, 7) is 7.47. The van der Waals surface area contributed by atoms with Gasteiger partial charge < -0.3 is 5.32 Å². The average molecular weight is 269 g/mol. The first kappa shape index (κ1) is 16.1. The van der Waals surface area contributed by atoms with Crippen molar-refractivity contribution < 1.29 is 8.78 Å². The van der Waals surface area contributed by atoms with Gasteiger partial charge in [0.25, 0.3) is 0 Å². The Morgan fingerprint density at radius 3 is 2.58 bits per heavy atom. The van der Waals surface area contributed by atoms with E-state index >= 15 is 0 Å². The van der Waals surface area contributed by atoms with Crippen LogP contribution in [0.1, 0.15) is 45.6 Å². The van der Waals surface area contributed by atoms with E-state index in [0.29, 0.717) is 23.9 Å². The third kappa shape index (κ3) is 6.15. The number of hydrogen-bond donors (Lipinski definition) is 1. The second-order valence-electron chi connectivity index (χ2n) is 5.56. The van der Waals surface area contributed by atoms with Crippen LogP contribution in [-0.4, -0.2) is 12.6 Å². The van der Waals surface area contributed by atoms with Crippen LogP contribution in [0, 0.1) is 17.6 Å². The summed E-state index contributed by atoms with van der Waals surface area (Å²) >= 11 is 0. The molecule has 0 aromatic heterocycles. The van der Waals surface area contributed by atoms with Crippen LogP contribution in [0.15, 0.2) is 18.2 Å². The second kappa shape index (κ2) is 8.26. The van der Waals surface area contributed by atoms with E-state index in [4.69, 9.17) is 0 Å². The Bertz CT molecular complexity index is 377. The molecule has 19 heavy (non-hydrogen) atoms. The Labute approximate surface area is 115 Å². The van der Waals surface area contributed by atoms with Gasteiger partial charge in [0.15, 0.2) is 0 Å². The van der Waals surface area contributed by atoms with Gasteiger partial charge in [-0.3, -0.25) is 0 Å². The second-order valence-corrected chi connectivity index (χ2v) is 5.56. The molecule has 1 rings (SSSR count). The third-order valence-electron chi connectivity index (χ3n) is 3.21. The molecule has 0 bridgehead atoms. The molecule has 1 atom stereocenters. The zero-order chi connectivity index (χ0) is 14.3.